The van der Waals surface area contributed by atoms with Crippen molar-refractivity contribution in [2.45, 2.75) is 19.5 Å². The highest BCUT2D eigenvalue weighted by Crippen LogP contribution is 2.25. The molecule has 0 bridgehead atoms. The first-order valence-corrected chi connectivity index (χ1v) is 7.17. The SMILES string of the molecule is C[C@@H](N)c1ccccc1N(C)Cc1cccc(Br)c1. The summed E-state index contributed by atoms with van der Waals surface area (Å²) in [5.41, 5.74) is 9.68. The van der Waals surface area contributed by atoms with Crippen LogP contribution in [0.4, 0.5) is 5.69 Å². The second-order valence-corrected chi connectivity index (χ2v) is 5.75. The second kappa shape index (κ2) is 6.22. The molecule has 2 nitrogen and oxygen atoms in total. The van der Waals surface area contributed by atoms with E-state index in [1.807, 2.05) is 19.1 Å². The average molecular weight is 319 g/mol. The molecule has 0 amide bonds. The van der Waals surface area contributed by atoms with Gasteiger partial charge in [0.05, 0.1) is 0 Å². The van der Waals surface area contributed by atoms with Crippen LogP contribution in [0, 0.1) is 0 Å². The average Bonchev–Trinajstić information content (AvgIpc) is 2.38. The van der Waals surface area contributed by atoms with Gasteiger partial charge in [0.15, 0.2) is 0 Å². The normalized spacial score (nSPS) is 12.2. The largest absolute Gasteiger partial charge is 0.370 e. The summed E-state index contributed by atoms with van der Waals surface area (Å²) in [7, 11) is 2.10. The van der Waals surface area contributed by atoms with Gasteiger partial charge in [0.25, 0.3) is 0 Å². The van der Waals surface area contributed by atoms with E-state index in [9.17, 15) is 0 Å². The fourth-order valence-electron chi connectivity index (χ4n) is 2.21. The van der Waals surface area contributed by atoms with Crippen LogP contribution in [0.25, 0.3) is 0 Å². The quantitative estimate of drug-likeness (QED) is 0.919. The molecular formula is C16H19BrN2. The van der Waals surface area contributed by atoms with Gasteiger partial charge in [-0.2, -0.15) is 0 Å². The molecule has 0 saturated carbocycles. The van der Waals surface area contributed by atoms with E-state index >= 15 is 0 Å². The van der Waals surface area contributed by atoms with Gasteiger partial charge in [-0.15, -0.1) is 0 Å². The first-order chi connectivity index (χ1) is 9.08. The first kappa shape index (κ1) is 14.1. The maximum atomic E-state index is 6.04. The molecule has 0 saturated heterocycles. The Morgan fingerprint density at radius 3 is 2.58 bits per heavy atom. The number of hydrogen-bond donors (Lipinski definition) is 1. The molecule has 3 heteroatoms. The summed E-state index contributed by atoms with van der Waals surface area (Å²) in [5.74, 6) is 0. The minimum absolute atomic E-state index is 0.0427. The summed E-state index contributed by atoms with van der Waals surface area (Å²) in [4.78, 5) is 2.24. The van der Waals surface area contributed by atoms with Gasteiger partial charge < -0.3 is 10.6 Å². The van der Waals surface area contributed by atoms with Crippen LogP contribution < -0.4 is 10.6 Å². The molecule has 2 aromatic carbocycles. The molecule has 2 N–H and O–H groups in total. The second-order valence-electron chi connectivity index (χ2n) is 4.83. The zero-order valence-corrected chi connectivity index (χ0v) is 12.9. The van der Waals surface area contributed by atoms with Gasteiger partial charge in [0.1, 0.15) is 0 Å². The lowest BCUT2D eigenvalue weighted by molar-refractivity contribution is 0.801. The van der Waals surface area contributed by atoms with Crippen molar-refractivity contribution >= 4 is 21.6 Å². The fourth-order valence-corrected chi connectivity index (χ4v) is 2.66. The van der Waals surface area contributed by atoms with Crippen molar-refractivity contribution in [3.05, 3.63) is 64.1 Å². The predicted molar refractivity (Wildman–Crippen MR) is 85.3 cm³/mol. The monoisotopic (exact) mass is 318 g/mol. The maximum absolute atomic E-state index is 6.04. The summed E-state index contributed by atoms with van der Waals surface area (Å²) in [6, 6.07) is 16.7. The van der Waals surface area contributed by atoms with Crippen LogP contribution in [0.15, 0.2) is 53.0 Å². The Labute approximate surface area is 123 Å². The first-order valence-electron chi connectivity index (χ1n) is 6.38. The van der Waals surface area contributed by atoms with Crippen molar-refractivity contribution in [2.75, 3.05) is 11.9 Å². The molecule has 2 rings (SSSR count). The third kappa shape index (κ3) is 3.58. The molecule has 0 aliphatic carbocycles. The molecule has 0 aliphatic heterocycles. The summed E-state index contributed by atoms with van der Waals surface area (Å²) in [6.45, 7) is 2.88. The smallest absolute Gasteiger partial charge is 0.0426 e. The van der Waals surface area contributed by atoms with Crippen LogP contribution >= 0.6 is 15.9 Å². The molecule has 0 heterocycles. The van der Waals surface area contributed by atoms with Crippen molar-refractivity contribution in [3.63, 3.8) is 0 Å². The Kier molecular flexibility index (Phi) is 4.61. The highest BCUT2D eigenvalue weighted by molar-refractivity contribution is 9.10. The van der Waals surface area contributed by atoms with Gasteiger partial charge in [0.2, 0.25) is 0 Å². The number of benzene rings is 2. The molecule has 0 radical (unpaired) electrons. The Hall–Kier alpha value is -1.32. The molecule has 0 aromatic heterocycles. The van der Waals surface area contributed by atoms with Crippen molar-refractivity contribution in [3.8, 4) is 0 Å². The van der Waals surface area contributed by atoms with Gasteiger partial charge in [-0.1, -0.05) is 46.3 Å². The summed E-state index contributed by atoms with van der Waals surface area (Å²) < 4.78 is 1.11. The summed E-state index contributed by atoms with van der Waals surface area (Å²) in [5, 5.41) is 0. The lowest BCUT2D eigenvalue weighted by atomic mass is 10.1. The number of para-hydroxylation sites is 1. The molecule has 0 aliphatic rings. The highest BCUT2D eigenvalue weighted by Gasteiger charge is 2.10. The van der Waals surface area contributed by atoms with E-state index in [4.69, 9.17) is 5.73 Å². The van der Waals surface area contributed by atoms with Gasteiger partial charge in [-0.25, -0.2) is 0 Å². The Bertz CT molecular complexity index is 552. The number of anilines is 1. The van der Waals surface area contributed by atoms with E-state index < -0.39 is 0 Å². The van der Waals surface area contributed by atoms with Gasteiger partial charge in [-0.3, -0.25) is 0 Å². The molecular weight excluding hydrogens is 300 g/mol. The molecule has 1 atom stereocenters. The third-order valence-corrected chi connectivity index (χ3v) is 3.64. The van der Waals surface area contributed by atoms with Crippen molar-refractivity contribution < 1.29 is 0 Å². The standard InChI is InChI=1S/C16H19BrN2/c1-12(18)15-8-3-4-9-16(15)19(2)11-13-6-5-7-14(17)10-13/h3-10,12H,11,18H2,1-2H3/t12-/m1/s1. The van der Waals surface area contributed by atoms with Crippen molar-refractivity contribution in [1.29, 1.82) is 0 Å². The number of rotatable bonds is 4. The molecule has 100 valence electrons. The molecule has 0 spiro atoms. The van der Waals surface area contributed by atoms with E-state index in [-0.39, 0.29) is 6.04 Å². The van der Waals surface area contributed by atoms with Crippen LogP contribution in [0.5, 0.6) is 0 Å². The van der Waals surface area contributed by atoms with Crippen molar-refractivity contribution in [1.82, 2.24) is 0 Å². The molecule has 0 unspecified atom stereocenters. The Balaban J connectivity index is 2.23. The molecule has 19 heavy (non-hydrogen) atoms. The van der Waals surface area contributed by atoms with Crippen LogP contribution in [0.2, 0.25) is 0 Å². The lowest BCUT2D eigenvalue weighted by Crippen LogP contribution is -2.20. The highest BCUT2D eigenvalue weighted by atomic mass is 79.9. The number of halogens is 1. The van der Waals surface area contributed by atoms with E-state index in [1.54, 1.807) is 0 Å². The predicted octanol–water partition coefficient (Wildman–Crippen LogP) is 4.11. The van der Waals surface area contributed by atoms with Crippen LogP contribution in [0.1, 0.15) is 24.1 Å². The van der Waals surface area contributed by atoms with Crippen LogP contribution in [-0.2, 0) is 6.54 Å². The van der Waals surface area contributed by atoms with Gasteiger partial charge in [-0.05, 0) is 36.2 Å². The summed E-state index contributed by atoms with van der Waals surface area (Å²) in [6.07, 6.45) is 0. The van der Waals surface area contributed by atoms with Crippen LogP contribution in [0.3, 0.4) is 0 Å². The zero-order chi connectivity index (χ0) is 13.8. The minimum atomic E-state index is 0.0427. The fraction of sp³-hybridized carbons (Fsp3) is 0.250. The number of nitrogens with two attached hydrogens (primary N) is 1. The van der Waals surface area contributed by atoms with Crippen LogP contribution in [-0.4, -0.2) is 7.05 Å². The molecule has 0 fully saturated rings. The Morgan fingerprint density at radius 2 is 1.89 bits per heavy atom. The Morgan fingerprint density at radius 1 is 1.16 bits per heavy atom. The zero-order valence-electron chi connectivity index (χ0n) is 11.3. The molecule has 2 aromatic rings. The van der Waals surface area contributed by atoms with E-state index in [1.165, 1.54) is 16.8 Å². The van der Waals surface area contributed by atoms with E-state index in [0.29, 0.717) is 0 Å². The topological polar surface area (TPSA) is 29.3 Å². The minimum Gasteiger partial charge on any atom is -0.370 e. The number of hydrogen-bond acceptors (Lipinski definition) is 2. The van der Waals surface area contributed by atoms with Gasteiger partial charge >= 0.3 is 0 Å². The van der Waals surface area contributed by atoms with E-state index in [0.717, 1.165) is 11.0 Å². The number of nitrogens with zero attached hydrogens (tertiary/aromatic N) is 1. The van der Waals surface area contributed by atoms with E-state index in [2.05, 4.69) is 64.3 Å². The van der Waals surface area contributed by atoms with Crippen molar-refractivity contribution in [2.24, 2.45) is 5.73 Å². The third-order valence-electron chi connectivity index (χ3n) is 3.15. The summed E-state index contributed by atoms with van der Waals surface area (Å²) >= 11 is 3.51. The van der Waals surface area contributed by atoms with Gasteiger partial charge in [0, 0.05) is 29.8 Å². The maximum Gasteiger partial charge on any atom is 0.0426 e. The lowest BCUT2D eigenvalue weighted by Gasteiger charge is -2.24.